The van der Waals surface area contributed by atoms with Crippen molar-refractivity contribution in [3.05, 3.63) is 57.3 Å². The molecule has 0 saturated heterocycles. The second kappa shape index (κ2) is 5.59. The van der Waals surface area contributed by atoms with Crippen LogP contribution in [-0.2, 0) is 6.54 Å². The Labute approximate surface area is 118 Å². The van der Waals surface area contributed by atoms with E-state index in [2.05, 4.69) is 21.2 Å². The van der Waals surface area contributed by atoms with Crippen molar-refractivity contribution < 1.29 is 4.39 Å². The highest BCUT2D eigenvalue weighted by molar-refractivity contribution is 9.10. The lowest BCUT2D eigenvalue weighted by Gasteiger charge is -2.10. The molecule has 0 radical (unpaired) electrons. The molecule has 2 nitrogen and oxygen atoms in total. The first-order valence-corrected chi connectivity index (χ1v) is 6.46. The topological polar surface area (TPSA) is 38.0 Å². The lowest BCUT2D eigenvalue weighted by Crippen LogP contribution is -2.03. The zero-order valence-corrected chi connectivity index (χ0v) is 11.7. The average Bonchev–Trinajstić information content (AvgIpc) is 2.32. The zero-order valence-electron chi connectivity index (χ0n) is 9.38. The number of hydrogen-bond donors (Lipinski definition) is 2. The van der Waals surface area contributed by atoms with Crippen LogP contribution in [0, 0.1) is 5.82 Å². The fourth-order valence-electron chi connectivity index (χ4n) is 1.56. The summed E-state index contributed by atoms with van der Waals surface area (Å²) in [5.74, 6) is -0.512. The van der Waals surface area contributed by atoms with Gasteiger partial charge in [0.25, 0.3) is 0 Å². The van der Waals surface area contributed by atoms with Crippen molar-refractivity contribution >= 4 is 38.9 Å². The van der Waals surface area contributed by atoms with Gasteiger partial charge in [0.1, 0.15) is 5.82 Å². The first kappa shape index (κ1) is 13.2. The summed E-state index contributed by atoms with van der Waals surface area (Å²) in [5, 5.41) is 3.18. The minimum absolute atomic E-state index is 0.0564. The maximum atomic E-state index is 13.1. The molecule has 0 fully saturated rings. The van der Waals surface area contributed by atoms with Gasteiger partial charge in [-0.15, -0.1) is 0 Å². The molecule has 0 amide bonds. The number of halogens is 3. The molecule has 2 aromatic rings. The van der Waals surface area contributed by atoms with Gasteiger partial charge in [-0.3, -0.25) is 0 Å². The van der Waals surface area contributed by atoms with Crippen molar-refractivity contribution in [1.82, 2.24) is 0 Å². The Bertz CT molecular complexity index is 575. The Balaban J connectivity index is 2.13. The number of nitrogens with two attached hydrogens (primary N) is 1. The van der Waals surface area contributed by atoms with Crippen molar-refractivity contribution in [3.63, 3.8) is 0 Å². The van der Waals surface area contributed by atoms with Gasteiger partial charge in [-0.25, -0.2) is 4.39 Å². The largest absolute Gasteiger partial charge is 0.397 e. The number of hydrogen-bond acceptors (Lipinski definition) is 2. The molecule has 0 aromatic heterocycles. The maximum Gasteiger partial charge on any atom is 0.143 e. The first-order valence-electron chi connectivity index (χ1n) is 5.29. The first-order chi connectivity index (χ1) is 8.56. The predicted molar refractivity (Wildman–Crippen MR) is 77.3 cm³/mol. The monoisotopic (exact) mass is 328 g/mol. The molecular formula is C13H11BrClFN2. The van der Waals surface area contributed by atoms with Gasteiger partial charge >= 0.3 is 0 Å². The van der Waals surface area contributed by atoms with Gasteiger partial charge < -0.3 is 11.1 Å². The molecule has 0 bridgehead atoms. The molecule has 0 saturated carbocycles. The summed E-state index contributed by atoms with van der Waals surface area (Å²) in [7, 11) is 0. The SMILES string of the molecule is Nc1cc(F)c(Cl)cc1NCc1cccc(Br)c1. The normalized spacial score (nSPS) is 10.4. The molecule has 0 heterocycles. The molecule has 0 aliphatic rings. The minimum Gasteiger partial charge on any atom is -0.397 e. The van der Waals surface area contributed by atoms with Crippen molar-refractivity contribution in [2.24, 2.45) is 0 Å². The van der Waals surface area contributed by atoms with E-state index in [1.165, 1.54) is 12.1 Å². The fourth-order valence-corrected chi connectivity index (χ4v) is 2.17. The molecule has 2 rings (SSSR count). The van der Waals surface area contributed by atoms with Crippen LogP contribution in [0.25, 0.3) is 0 Å². The number of benzene rings is 2. The van der Waals surface area contributed by atoms with E-state index >= 15 is 0 Å². The molecule has 0 atom stereocenters. The lowest BCUT2D eigenvalue weighted by molar-refractivity contribution is 0.629. The third kappa shape index (κ3) is 3.15. The number of rotatable bonds is 3. The van der Waals surface area contributed by atoms with Gasteiger partial charge in [0, 0.05) is 17.1 Å². The molecule has 18 heavy (non-hydrogen) atoms. The quantitative estimate of drug-likeness (QED) is 0.817. The van der Waals surface area contributed by atoms with E-state index in [1.807, 2.05) is 24.3 Å². The van der Waals surface area contributed by atoms with Gasteiger partial charge in [-0.1, -0.05) is 39.7 Å². The molecule has 0 aliphatic heterocycles. The Hall–Kier alpha value is -1.26. The Kier molecular flexibility index (Phi) is 4.09. The van der Waals surface area contributed by atoms with Crippen molar-refractivity contribution in [1.29, 1.82) is 0 Å². The lowest BCUT2D eigenvalue weighted by atomic mass is 10.2. The minimum atomic E-state index is -0.512. The number of anilines is 2. The van der Waals surface area contributed by atoms with Crippen LogP contribution in [0.3, 0.4) is 0 Å². The summed E-state index contributed by atoms with van der Waals surface area (Å²) in [6, 6.07) is 10.6. The predicted octanol–water partition coefficient (Wildman–Crippen LogP) is 4.44. The third-order valence-corrected chi connectivity index (χ3v) is 3.25. The van der Waals surface area contributed by atoms with Gasteiger partial charge in [0.15, 0.2) is 0 Å². The van der Waals surface area contributed by atoms with E-state index in [-0.39, 0.29) is 5.02 Å². The van der Waals surface area contributed by atoms with Crippen LogP contribution >= 0.6 is 27.5 Å². The summed E-state index contributed by atoms with van der Waals surface area (Å²) in [6.07, 6.45) is 0. The fraction of sp³-hybridized carbons (Fsp3) is 0.0769. The van der Waals surface area contributed by atoms with Gasteiger partial charge in [-0.05, 0) is 23.8 Å². The molecular weight excluding hydrogens is 319 g/mol. The van der Waals surface area contributed by atoms with E-state index in [0.717, 1.165) is 10.0 Å². The van der Waals surface area contributed by atoms with Crippen molar-refractivity contribution in [2.45, 2.75) is 6.54 Å². The molecule has 2 aromatic carbocycles. The summed E-state index contributed by atoms with van der Waals surface area (Å²) >= 11 is 9.12. The standard InChI is InChI=1S/C13H11BrClFN2/c14-9-3-1-2-8(4-9)7-18-13-5-10(15)11(16)6-12(13)17/h1-6,18H,7,17H2. The van der Waals surface area contributed by atoms with Crippen LogP contribution in [0.5, 0.6) is 0 Å². The second-order valence-electron chi connectivity index (χ2n) is 3.84. The van der Waals surface area contributed by atoms with Crippen LogP contribution in [0.1, 0.15) is 5.56 Å². The molecule has 0 unspecified atom stereocenters. The maximum absolute atomic E-state index is 13.1. The third-order valence-electron chi connectivity index (χ3n) is 2.46. The van der Waals surface area contributed by atoms with E-state index in [1.54, 1.807) is 0 Å². The summed E-state index contributed by atoms with van der Waals surface area (Å²) < 4.78 is 14.1. The summed E-state index contributed by atoms with van der Waals surface area (Å²) in [6.45, 7) is 0.589. The highest BCUT2D eigenvalue weighted by Gasteiger charge is 2.06. The highest BCUT2D eigenvalue weighted by atomic mass is 79.9. The summed E-state index contributed by atoms with van der Waals surface area (Å²) in [5.41, 5.74) is 7.77. The highest BCUT2D eigenvalue weighted by Crippen LogP contribution is 2.26. The molecule has 0 aliphatic carbocycles. The van der Waals surface area contributed by atoms with E-state index in [9.17, 15) is 4.39 Å². The summed E-state index contributed by atoms with van der Waals surface area (Å²) in [4.78, 5) is 0. The van der Waals surface area contributed by atoms with Crippen LogP contribution in [-0.4, -0.2) is 0 Å². The van der Waals surface area contributed by atoms with E-state index in [0.29, 0.717) is 17.9 Å². The Morgan fingerprint density at radius 1 is 1.28 bits per heavy atom. The van der Waals surface area contributed by atoms with Crippen LogP contribution in [0.4, 0.5) is 15.8 Å². The van der Waals surface area contributed by atoms with Crippen LogP contribution in [0.2, 0.25) is 5.02 Å². The van der Waals surface area contributed by atoms with Crippen molar-refractivity contribution in [2.75, 3.05) is 11.1 Å². The Morgan fingerprint density at radius 3 is 2.78 bits per heavy atom. The van der Waals surface area contributed by atoms with Crippen LogP contribution in [0.15, 0.2) is 40.9 Å². The number of nitrogens with one attached hydrogen (secondary N) is 1. The van der Waals surface area contributed by atoms with E-state index < -0.39 is 5.82 Å². The average molecular weight is 330 g/mol. The molecule has 94 valence electrons. The Morgan fingerprint density at radius 2 is 2.06 bits per heavy atom. The van der Waals surface area contributed by atoms with Gasteiger partial charge in [0.05, 0.1) is 16.4 Å². The zero-order chi connectivity index (χ0) is 13.1. The van der Waals surface area contributed by atoms with Crippen molar-refractivity contribution in [3.8, 4) is 0 Å². The van der Waals surface area contributed by atoms with E-state index in [4.69, 9.17) is 17.3 Å². The number of nitrogen functional groups attached to an aromatic ring is 1. The van der Waals surface area contributed by atoms with Gasteiger partial charge in [-0.2, -0.15) is 0 Å². The molecule has 0 spiro atoms. The molecule has 5 heteroatoms. The smallest absolute Gasteiger partial charge is 0.143 e. The molecule has 3 N–H and O–H groups in total. The van der Waals surface area contributed by atoms with Crippen LogP contribution < -0.4 is 11.1 Å². The second-order valence-corrected chi connectivity index (χ2v) is 5.16. The van der Waals surface area contributed by atoms with Gasteiger partial charge in [0.2, 0.25) is 0 Å².